The third kappa shape index (κ3) is 5.80. The van der Waals surface area contributed by atoms with Gasteiger partial charge in [0, 0.05) is 43.4 Å². The smallest absolute Gasteiger partial charge is 0.222 e. The molecular weight excluding hydrogens is 472 g/mol. The molecule has 4 rings (SSSR count). The van der Waals surface area contributed by atoms with Gasteiger partial charge in [-0.1, -0.05) is 84.4 Å². The van der Waals surface area contributed by atoms with Gasteiger partial charge in [0.1, 0.15) is 0 Å². The first-order valence-corrected chi connectivity index (χ1v) is 12.8. The molecule has 5 nitrogen and oxygen atoms in total. The number of piperidine rings is 1. The SMILES string of the molecule is CC(=O)NCC(CCC(=O)N1CCC(O)(c2ccc(Cl)cc2)CC1)(c1ccccc1)c1ccccc1. The minimum Gasteiger partial charge on any atom is -0.385 e. The van der Waals surface area contributed by atoms with Crippen molar-refractivity contribution in [2.24, 2.45) is 0 Å². The van der Waals surface area contributed by atoms with Crippen molar-refractivity contribution in [1.29, 1.82) is 0 Å². The molecule has 1 aliphatic rings. The second kappa shape index (κ2) is 11.3. The van der Waals surface area contributed by atoms with Gasteiger partial charge in [0.15, 0.2) is 0 Å². The lowest BCUT2D eigenvalue weighted by atomic mass is 9.71. The van der Waals surface area contributed by atoms with Crippen LogP contribution in [0.1, 0.15) is 49.3 Å². The van der Waals surface area contributed by atoms with Crippen LogP contribution in [0.15, 0.2) is 84.9 Å². The molecule has 6 heteroatoms. The number of carbonyl (C=O) groups excluding carboxylic acids is 2. The maximum Gasteiger partial charge on any atom is 0.222 e. The van der Waals surface area contributed by atoms with E-state index in [1.54, 1.807) is 12.1 Å². The Morgan fingerprint density at radius 3 is 1.94 bits per heavy atom. The predicted molar refractivity (Wildman–Crippen MR) is 143 cm³/mol. The Hall–Kier alpha value is -3.15. The van der Waals surface area contributed by atoms with Crippen LogP contribution in [-0.2, 0) is 20.6 Å². The van der Waals surface area contributed by atoms with Crippen LogP contribution in [0, 0.1) is 0 Å². The van der Waals surface area contributed by atoms with E-state index in [1.165, 1.54) is 6.92 Å². The van der Waals surface area contributed by atoms with Crippen LogP contribution in [0.2, 0.25) is 5.02 Å². The summed E-state index contributed by atoms with van der Waals surface area (Å²) in [5, 5.41) is 14.8. The van der Waals surface area contributed by atoms with Crippen molar-refractivity contribution in [1.82, 2.24) is 10.2 Å². The third-order valence-electron chi connectivity index (χ3n) is 7.38. The first-order valence-electron chi connectivity index (χ1n) is 12.4. The average Bonchev–Trinajstić information content (AvgIpc) is 2.90. The number of nitrogens with one attached hydrogen (secondary N) is 1. The maximum atomic E-state index is 13.4. The van der Waals surface area contributed by atoms with Crippen molar-refractivity contribution >= 4 is 23.4 Å². The van der Waals surface area contributed by atoms with Gasteiger partial charge in [0.25, 0.3) is 0 Å². The summed E-state index contributed by atoms with van der Waals surface area (Å²) >= 11 is 6.00. The van der Waals surface area contributed by atoms with E-state index in [1.807, 2.05) is 53.4 Å². The first kappa shape index (κ1) is 25.9. The fourth-order valence-electron chi connectivity index (χ4n) is 5.19. The van der Waals surface area contributed by atoms with Crippen molar-refractivity contribution in [3.05, 3.63) is 107 Å². The number of carbonyl (C=O) groups is 2. The number of halogens is 1. The zero-order valence-corrected chi connectivity index (χ0v) is 21.4. The quantitative estimate of drug-likeness (QED) is 0.451. The number of hydrogen-bond donors (Lipinski definition) is 2. The summed E-state index contributed by atoms with van der Waals surface area (Å²) in [4.78, 5) is 27.1. The molecule has 0 spiro atoms. The summed E-state index contributed by atoms with van der Waals surface area (Å²) in [7, 11) is 0. The zero-order valence-electron chi connectivity index (χ0n) is 20.6. The Kier molecular flexibility index (Phi) is 8.12. The highest BCUT2D eigenvalue weighted by atomic mass is 35.5. The van der Waals surface area contributed by atoms with Crippen LogP contribution in [0.5, 0.6) is 0 Å². The van der Waals surface area contributed by atoms with Crippen LogP contribution in [0.3, 0.4) is 0 Å². The molecular formula is C30H33ClN2O3. The Labute approximate surface area is 218 Å². The normalized spacial score (nSPS) is 15.4. The van der Waals surface area contributed by atoms with E-state index in [0.717, 1.165) is 16.7 Å². The van der Waals surface area contributed by atoms with Gasteiger partial charge < -0.3 is 15.3 Å². The largest absolute Gasteiger partial charge is 0.385 e. The van der Waals surface area contributed by atoms with E-state index in [2.05, 4.69) is 29.6 Å². The number of rotatable bonds is 8. The molecule has 1 saturated heterocycles. The van der Waals surface area contributed by atoms with Crippen molar-refractivity contribution in [2.75, 3.05) is 19.6 Å². The van der Waals surface area contributed by atoms with Gasteiger partial charge in [-0.2, -0.15) is 0 Å². The van der Waals surface area contributed by atoms with Crippen molar-refractivity contribution in [3.63, 3.8) is 0 Å². The van der Waals surface area contributed by atoms with Gasteiger partial charge in [-0.05, 0) is 48.1 Å². The minimum atomic E-state index is -0.954. The first-order chi connectivity index (χ1) is 17.3. The lowest BCUT2D eigenvalue weighted by molar-refractivity contribution is -0.136. The van der Waals surface area contributed by atoms with Gasteiger partial charge in [0.05, 0.1) is 5.60 Å². The van der Waals surface area contributed by atoms with Gasteiger partial charge in [-0.3, -0.25) is 9.59 Å². The molecule has 2 amide bonds. The highest BCUT2D eigenvalue weighted by Crippen LogP contribution is 2.38. The zero-order chi connectivity index (χ0) is 25.6. The van der Waals surface area contributed by atoms with E-state index < -0.39 is 11.0 Å². The molecule has 188 valence electrons. The molecule has 0 atom stereocenters. The molecule has 0 radical (unpaired) electrons. The highest BCUT2D eigenvalue weighted by molar-refractivity contribution is 6.30. The predicted octanol–water partition coefficient (Wildman–Crippen LogP) is 5.05. The second-order valence-corrected chi connectivity index (χ2v) is 10.1. The standard InChI is InChI=1S/C30H33ClN2O3/c1-23(34)32-22-29(24-8-4-2-5-9-24,25-10-6-3-7-11-25)17-16-28(35)33-20-18-30(36,19-21-33)26-12-14-27(31)15-13-26/h2-15,36H,16-22H2,1H3,(H,32,34). The number of nitrogens with zero attached hydrogens (tertiary/aromatic N) is 1. The fraction of sp³-hybridized carbons (Fsp3) is 0.333. The molecule has 0 aliphatic carbocycles. The Balaban J connectivity index is 1.51. The monoisotopic (exact) mass is 504 g/mol. The number of likely N-dealkylation sites (tertiary alicyclic amines) is 1. The molecule has 1 fully saturated rings. The lowest BCUT2D eigenvalue weighted by Gasteiger charge is -2.40. The van der Waals surface area contributed by atoms with Gasteiger partial charge in [0.2, 0.25) is 11.8 Å². The molecule has 0 bridgehead atoms. The highest BCUT2D eigenvalue weighted by Gasteiger charge is 2.38. The van der Waals surface area contributed by atoms with E-state index in [-0.39, 0.29) is 11.8 Å². The molecule has 0 aromatic heterocycles. The van der Waals surface area contributed by atoms with Gasteiger partial charge in [-0.15, -0.1) is 0 Å². The molecule has 1 heterocycles. The van der Waals surface area contributed by atoms with Crippen molar-refractivity contribution in [3.8, 4) is 0 Å². The van der Waals surface area contributed by atoms with E-state index in [4.69, 9.17) is 11.6 Å². The minimum absolute atomic E-state index is 0.0622. The van der Waals surface area contributed by atoms with Gasteiger partial charge in [-0.25, -0.2) is 0 Å². The number of benzene rings is 3. The molecule has 3 aromatic carbocycles. The van der Waals surface area contributed by atoms with Crippen LogP contribution in [-0.4, -0.2) is 41.5 Å². The second-order valence-electron chi connectivity index (χ2n) is 9.64. The molecule has 0 unspecified atom stereocenters. The van der Waals surface area contributed by atoms with Crippen LogP contribution in [0.25, 0.3) is 0 Å². The Morgan fingerprint density at radius 2 is 1.44 bits per heavy atom. The third-order valence-corrected chi connectivity index (χ3v) is 7.63. The number of hydrogen-bond acceptors (Lipinski definition) is 3. The maximum absolute atomic E-state index is 13.4. The topological polar surface area (TPSA) is 69.6 Å². The average molecular weight is 505 g/mol. The summed E-state index contributed by atoms with van der Waals surface area (Å²) in [6.07, 6.45) is 1.85. The van der Waals surface area contributed by atoms with Crippen molar-refractivity contribution in [2.45, 2.75) is 43.6 Å². The summed E-state index contributed by atoms with van der Waals surface area (Å²) in [5.41, 5.74) is 1.47. The summed E-state index contributed by atoms with van der Waals surface area (Å²) < 4.78 is 0. The van der Waals surface area contributed by atoms with E-state index >= 15 is 0 Å². The summed E-state index contributed by atoms with van der Waals surface area (Å²) in [5.74, 6) is -0.0395. The van der Waals surface area contributed by atoms with E-state index in [0.29, 0.717) is 50.3 Å². The lowest BCUT2D eigenvalue weighted by Crippen LogP contribution is -2.46. The Morgan fingerprint density at radius 1 is 0.917 bits per heavy atom. The van der Waals surface area contributed by atoms with Crippen LogP contribution in [0.4, 0.5) is 0 Å². The number of amides is 2. The summed E-state index contributed by atoms with van der Waals surface area (Å²) in [6, 6.07) is 27.4. The number of aliphatic hydroxyl groups is 1. The van der Waals surface area contributed by atoms with Crippen molar-refractivity contribution < 1.29 is 14.7 Å². The summed E-state index contributed by atoms with van der Waals surface area (Å²) in [6.45, 7) is 2.90. The van der Waals surface area contributed by atoms with E-state index in [9.17, 15) is 14.7 Å². The molecule has 1 aliphatic heterocycles. The Bertz CT molecular complexity index is 1120. The fourth-order valence-corrected chi connectivity index (χ4v) is 5.32. The molecule has 36 heavy (non-hydrogen) atoms. The molecule has 3 aromatic rings. The van der Waals surface area contributed by atoms with Gasteiger partial charge >= 0.3 is 0 Å². The molecule has 0 saturated carbocycles. The molecule has 2 N–H and O–H groups in total. The van der Waals surface area contributed by atoms with Crippen LogP contribution >= 0.6 is 11.6 Å². The van der Waals surface area contributed by atoms with Crippen LogP contribution < -0.4 is 5.32 Å².